The first-order valence-electron chi connectivity index (χ1n) is 6.21. The van der Waals surface area contributed by atoms with Gasteiger partial charge in [-0.2, -0.15) is 0 Å². The second-order valence-electron chi connectivity index (χ2n) is 4.39. The van der Waals surface area contributed by atoms with Crippen molar-refractivity contribution in [1.29, 1.82) is 0 Å². The van der Waals surface area contributed by atoms with E-state index in [0.29, 0.717) is 5.75 Å². The highest BCUT2D eigenvalue weighted by atomic mass is 16.5. The summed E-state index contributed by atoms with van der Waals surface area (Å²) in [5.41, 5.74) is 2.32. The highest BCUT2D eigenvalue weighted by molar-refractivity contribution is 5.88. The largest absolute Gasteiger partial charge is 0.478 e. The minimum absolute atomic E-state index is 0.229. The standard InChI is InChI=1S/C16H16O3/c1-3-12-5-4-6-14(9-12)19-15-10-13(16(17)18)8-7-11(15)2/h4-10H,3H2,1-2H3,(H,17,18). The molecule has 0 amide bonds. The molecule has 0 atom stereocenters. The number of rotatable bonds is 4. The lowest BCUT2D eigenvalue weighted by Crippen LogP contribution is -1.97. The first kappa shape index (κ1) is 13.1. The van der Waals surface area contributed by atoms with Gasteiger partial charge in [0.05, 0.1) is 5.56 Å². The van der Waals surface area contributed by atoms with Crippen molar-refractivity contribution in [3.05, 3.63) is 59.2 Å². The summed E-state index contributed by atoms with van der Waals surface area (Å²) < 4.78 is 5.78. The molecule has 2 aromatic rings. The highest BCUT2D eigenvalue weighted by Gasteiger charge is 2.08. The number of carbonyl (C=O) groups is 1. The lowest BCUT2D eigenvalue weighted by molar-refractivity contribution is 0.0696. The van der Waals surface area contributed by atoms with Gasteiger partial charge in [-0.25, -0.2) is 4.79 Å². The molecule has 0 bridgehead atoms. The predicted molar refractivity (Wildman–Crippen MR) is 74.0 cm³/mol. The van der Waals surface area contributed by atoms with E-state index >= 15 is 0 Å². The summed E-state index contributed by atoms with van der Waals surface area (Å²) in [6, 6.07) is 12.7. The molecule has 0 radical (unpaired) electrons. The lowest BCUT2D eigenvalue weighted by Gasteiger charge is -2.10. The van der Waals surface area contributed by atoms with E-state index in [-0.39, 0.29) is 5.56 Å². The minimum atomic E-state index is -0.952. The average Bonchev–Trinajstić information content (AvgIpc) is 2.41. The van der Waals surface area contributed by atoms with Crippen LogP contribution < -0.4 is 4.74 Å². The van der Waals surface area contributed by atoms with Gasteiger partial charge in [0.15, 0.2) is 0 Å². The van der Waals surface area contributed by atoms with Gasteiger partial charge in [0.25, 0.3) is 0 Å². The molecule has 0 saturated carbocycles. The molecule has 0 aromatic heterocycles. The molecule has 0 spiro atoms. The Kier molecular flexibility index (Phi) is 3.85. The third kappa shape index (κ3) is 3.13. The van der Waals surface area contributed by atoms with Gasteiger partial charge in [-0.15, -0.1) is 0 Å². The summed E-state index contributed by atoms with van der Waals surface area (Å²) in [7, 11) is 0. The Morgan fingerprint density at radius 1 is 1.21 bits per heavy atom. The van der Waals surface area contributed by atoms with Crippen molar-refractivity contribution in [2.75, 3.05) is 0 Å². The number of benzene rings is 2. The normalized spacial score (nSPS) is 10.2. The van der Waals surface area contributed by atoms with E-state index in [0.717, 1.165) is 17.7 Å². The fourth-order valence-electron chi connectivity index (χ4n) is 1.80. The summed E-state index contributed by atoms with van der Waals surface area (Å²) in [5.74, 6) is 0.352. The number of aromatic carboxylic acids is 1. The minimum Gasteiger partial charge on any atom is -0.478 e. The molecule has 0 unspecified atom stereocenters. The van der Waals surface area contributed by atoms with Crippen LogP contribution in [0.25, 0.3) is 0 Å². The molecule has 19 heavy (non-hydrogen) atoms. The Morgan fingerprint density at radius 3 is 2.68 bits per heavy atom. The van der Waals surface area contributed by atoms with E-state index in [1.165, 1.54) is 5.56 Å². The van der Waals surface area contributed by atoms with E-state index in [1.54, 1.807) is 18.2 Å². The molecule has 98 valence electrons. The van der Waals surface area contributed by atoms with Gasteiger partial charge in [-0.1, -0.05) is 25.1 Å². The zero-order valence-electron chi connectivity index (χ0n) is 11.0. The van der Waals surface area contributed by atoms with Gasteiger partial charge in [-0.3, -0.25) is 0 Å². The fraction of sp³-hybridized carbons (Fsp3) is 0.188. The third-order valence-electron chi connectivity index (χ3n) is 2.97. The van der Waals surface area contributed by atoms with E-state index < -0.39 is 5.97 Å². The van der Waals surface area contributed by atoms with Crippen molar-refractivity contribution in [2.24, 2.45) is 0 Å². The van der Waals surface area contributed by atoms with Gasteiger partial charge in [0.2, 0.25) is 0 Å². The van der Waals surface area contributed by atoms with Crippen LogP contribution in [-0.4, -0.2) is 11.1 Å². The smallest absolute Gasteiger partial charge is 0.335 e. The number of carboxylic acids is 1. The molecular formula is C16H16O3. The van der Waals surface area contributed by atoms with Crippen molar-refractivity contribution < 1.29 is 14.6 Å². The Hall–Kier alpha value is -2.29. The maximum Gasteiger partial charge on any atom is 0.335 e. The molecule has 3 nitrogen and oxygen atoms in total. The number of hydrogen-bond acceptors (Lipinski definition) is 2. The Morgan fingerprint density at radius 2 is 2.00 bits per heavy atom. The second-order valence-corrected chi connectivity index (χ2v) is 4.39. The number of hydrogen-bond donors (Lipinski definition) is 1. The number of aryl methyl sites for hydroxylation is 2. The third-order valence-corrected chi connectivity index (χ3v) is 2.97. The van der Waals surface area contributed by atoms with Gasteiger partial charge in [0.1, 0.15) is 11.5 Å². The van der Waals surface area contributed by atoms with E-state index in [1.807, 2.05) is 31.2 Å². The first-order chi connectivity index (χ1) is 9.10. The van der Waals surface area contributed by atoms with Crippen LogP contribution in [-0.2, 0) is 6.42 Å². The molecule has 0 aliphatic carbocycles. The average molecular weight is 256 g/mol. The van der Waals surface area contributed by atoms with Crippen LogP contribution in [0.3, 0.4) is 0 Å². The summed E-state index contributed by atoms with van der Waals surface area (Å²) >= 11 is 0. The monoisotopic (exact) mass is 256 g/mol. The van der Waals surface area contributed by atoms with Crippen LogP contribution in [0.15, 0.2) is 42.5 Å². The molecule has 0 aliphatic rings. The van der Waals surface area contributed by atoms with Gasteiger partial charge in [-0.05, 0) is 48.7 Å². The van der Waals surface area contributed by atoms with Crippen LogP contribution in [0, 0.1) is 6.92 Å². The molecule has 0 heterocycles. The zero-order chi connectivity index (χ0) is 13.8. The first-order valence-corrected chi connectivity index (χ1v) is 6.21. The van der Waals surface area contributed by atoms with Crippen LogP contribution in [0.5, 0.6) is 11.5 Å². The molecule has 1 N–H and O–H groups in total. The summed E-state index contributed by atoms with van der Waals surface area (Å²) in [5, 5.41) is 8.99. The SMILES string of the molecule is CCc1cccc(Oc2cc(C(=O)O)ccc2C)c1. The number of carboxylic acid groups (broad SMARTS) is 1. The highest BCUT2D eigenvalue weighted by Crippen LogP contribution is 2.26. The maximum absolute atomic E-state index is 11.0. The van der Waals surface area contributed by atoms with Crippen molar-refractivity contribution in [3.8, 4) is 11.5 Å². The quantitative estimate of drug-likeness (QED) is 0.897. The topological polar surface area (TPSA) is 46.5 Å². The fourth-order valence-corrected chi connectivity index (χ4v) is 1.80. The van der Waals surface area contributed by atoms with Crippen LogP contribution in [0.4, 0.5) is 0 Å². The van der Waals surface area contributed by atoms with E-state index in [4.69, 9.17) is 9.84 Å². The predicted octanol–water partition coefficient (Wildman–Crippen LogP) is 4.05. The van der Waals surface area contributed by atoms with Gasteiger partial charge >= 0.3 is 5.97 Å². The molecule has 0 saturated heterocycles. The lowest BCUT2D eigenvalue weighted by atomic mass is 10.1. The Labute approximate surface area is 112 Å². The van der Waals surface area contributed by atoms with E-state index in [9.17, 15) is 4.79 Å². The Balaban J connectivity index is 2.31. The maximum atomic E-state index is 11.0. The summed E-state index contributed by atoms with van der Waals surface area (Å²) in [4.78, 5) is 11.0. The van der Waals surface area contributed by atoms with Crippen LogP contribution in [0.1, 0.15) is 28.4 Å². The van der Waals surface area contributed by atoms with Crippen LogP contribution >= 0.6 is 0 Å². The number of ether oxygens (including phenoxy) is 1. The van der Waals surface area contributed by atoms with Gasteiger partial charge < -0.3 is 9.84 Å². The zero-order valence-corrected chi connectivity index (χ0v) is 11.0. The van der Waals surface area contributed by atoms with Gasteiger partial charge in [0, 0.05) is 0 Å². The Bertz CT molecular complexity index is 603. The molecule has 0 aliphatic heterocycles. The molecule has 3 heteroatoms. The van der Waals surface area contributed by atoms with E-state index in [2.05, 4.69) is 6.92 Å². The molecule has 0 fully saturated rings. The van der Waals surface area contributed by atoms with Crippen molar-refractivity contribution in [1.82, 2.24) is 0 Å². The molecule has 2 aromatic carbocycles. The van der Waals surface area contributed by atoms with Crippen LogP contribution in [0.2, 0.25) is 0 Å². The van der Waals surface area contributed by atoms with Crippen molar-refractivity contribution in [3.63, 3.8) is 0 Å². The van der Waals surface area contributed by atoms with Crippen molar-refractivity contribution in [2.45, 2.75) is 20.3 Å². The second kappa shape index (κ2) is 5.57. The van der Waals surface area contributed by atoms with Crippen molar-refractivity contribution >= 4 is 5.97 Å². The summed E-state index contributed by atoms with van der Waals surface area (Å²) in [6.45, 7) is 3.97. The summed E-state index contributed by atoms with van der Waals surface area (Å²) in [6.07, 6.45) is 0.936. The molecule has 2 rings (SSSR count). The molecular weight excluding hydrogens is 240 g/mol.